The van der Waals surface area contributed by atoms with Gasteiger partial charge in [-0.2, -0.15) is 5.26 Å². The minimum atomic E-state index is 0.658. The molecule has 0 aromatic heterocycles. The maximum absolute atomic E-state index is 8.64. The summed E-state index contributed by atoms with van der Waals surface area (Å²) in [5, 5.41) is 11.7. The van der Waals surface area contributed by atoms with Crippen LogP contribution in [0.5, 0.6) is 0 Å². The van der Waals surface area contributed by atoms with Crippen LogP contribution in [0, 0.1) is 11.3 Å². The third kappa shape index (κ3) is 1.95. The van der Waals surface area contributed by atoms with E-state index >= 15 is 0 Å². The summed E-state index contributed by atoms with van der Waals surface area (Å²) in [5.74, 6) is 0. The number of halogens is 1. The Balaban J connectivity index is 2.95. The number of nitriles is 1. The molecule has 0 amide bonds. The van der Waals surface area contributed by atoms with E-state index in [1.54, 1.807) is 6.07 Å². The summed E-state index contributed by atoms with van der Waals surface area (Å²) in [5.41, 5.74) is 2.20. The summed E-state index contributed by atoms with van der Waals surface area (Å²) in [4.78, 5) is 0. The Bertz CT molecular complexity index is 278. The van der Waals surface area contributed by atoms with Gasteiger partial charge in [-0.1, -0.05) is 28.1 Å². The van der Waals surface area contributed by atoms with Crippen molar-refractivity contribution in [3.05, 3.63) is 29.8 Å². The highest BCUT2D eigenvalue weighted by molar-refractivity contribution is 9.09. The molecule has 3 heteroatoms. The Morgan fingerprint density at radius 2 is 2.18 bits per heavy atom. The number of hydrogen-bond donors (Lipinski definition) is 1. The zero-order valence-corrected chi connectivity index (χ0v) is 7.43. The molecule has 0 radical (unpaired) electrons. The average Bonchev–Trinajstić information content (AvgIpc) is 2.06. The predicted molar refractivity (Wildman–Crippen MR) is 48.6 cm³/mol. The Morgan fingerprint density at radius 3 is 2.82 bits per heavy atom. The topological polar surface area (TPSA) is 35.8 Å². The van der Waals surface area contributed by atoms with Crippen molar-refractivity contribution in [1.29, 1.82) is 5.26 Å². The molecule has 0 unspecified atom stereocenters. The van der Waals surface area contributed by atoms with Gasteiger partial charge in [0, 0.05) is 0 Å². The Morgan fingerprint density at radius 1 is 1.45 bits per heavy atom. The van der Waals surface area contributed by atoms with Crippen LogP contribution in [0.1, 0.15) is 5.56 Å². The molecule has 0 saturated carbocycles. The maximum Gasteiger partial charge on any atom is 0.101 e. The molecule has 0 atom stereocenters. The molecule has 0 fully saturated rings. The molecule has 2 nitrogen and oxygen atoms in total. The molecule has 0 aliphatic carbocycles. The number of benzene rings is 1. The first kappa shape index (κ1) is 8.09. The fraction of sp³-hybridized carbons (Fsp3) is 0.125. The molecule has 1 rings (SSSR count). The molecule has 0 bridgehead atoms. The largest absolute Gasteiger partial charge is 0.374 e. The van der Waals surface area contributed by atoms with E-state index < -0.39 is 0 Å². The van der Waals surface area contributed by atoms with Crippen molar-refractivity contribution in [2.45, 2.75) is 0 Å². The number of alkyl halides is 1. The van der Waals surface area contributed by atoms with Crippen molar-refractivity contribution in [3.8, 4) is 6.07 Å². The predicted octanol–water partition coefficient (Wildman–Crippen LogP) is 2.32. The van der Waals surface area contributed by atoms with Gasteiger partial charge in [0.2, 0.25) is 0 Å². The number of hydrogen-bond acceptors (Lipinski definition) is 2. The van der Waals surface area contributed by atoms with E-state index in [1.807, 2.05) is 18.2 Å². The van der Waals surface area contributed by atoms with E-state index in [9.17, 15) is 0 Å². The Labute approximate surface area is 74.0 Å². The molecule has 0 aliphatic rings. The smallest absolute Gasteiger partial charge is 0.101 e. The minimum absolute atomic E-state index is 0.658. The second-order valence-corrected chi connectivity index (χ2v) is 2.53. The highest BCUT2D eigenvalue weighted by atomic mass is 79.9. The van der Waals surface area contributed by atoms with Crippen molar-refractivity contribution < 1.29 is 0 Å². The molecular weight excluding hydrogens is 204 g/mol. The Hall–Kier alpha value is -1.01. The highest BCUT2D eigenvalue weighted by Crippen LogP contribution is 2.13. The Kier molecular flexibility index (Phi) is 2.94. The number of rotatable bonds is 2. The van der Waals surface area contributed by atoms with E-state index in [0.29, 0.717) is 11.0 Å². The maximum atomic E-state index is 8.64. The lowest BCUT2D eigenvalue weighted by Crippen LogP contribution is -1.95. The quantitative estimate of drug-likeness (QED) is 0.601. The number of nitrogens with one attached hydrogen (secondary N) is 1. The minimum Gasteiger partial charge on any atom is -0.374 e. The van der Waals surface area contributed by atoms with Gasteiger partial charge in [-0.05, 0) is 12.1 Å². The van der Waals surface area contributed by atoms with Crippen LogP contribution in [0.3, 0.4) is 0 Å². The van der Waals surface area contributed by atoms with Crippen molar-refractivity contribution in [2.75, 3.05) is 10.8 Å². The summed E-state index contributed by atoms with van der Waals surface area (Å²) in [7, 11) is 0. The summed E-state index contributed by atoms with van der Waals surface area (Å²) in [6, 6.07) is 9.49. The van der Waals surface area contributed by atoms with Gasteiger partial charge < -0.3 is 5.32 Å². The molecule has 0 aliphatic heterocycles. The van der Waals surface area contributed by atoms with Gasteiger partial charge in [-0.15, -0.1) is 0 Å². The summed E-state index contributed by atoms with van der Waals surface area (Å²) in [6.45, 7) is 0. The van der Waals surface area contributed by atoms with Crippen molar-refractivity contribution in [1.82, 2.24) is 0 Å². The van der Waals surface area contributed by atoms with Crippen molar-refractivity contribution in [3.63, 3.8) is 0 Å². The van der Waals surface area contributed by atoms with Crippen LogP contribution in [0.2, 0.25) is 0 Å². The SMILES string of the molecule is N#Cc1ccccc1NCBr. The summed E-state index contributed by atoms with van der Waals surface area (Å²) < 4.78 is 0. The highest BCUT2D eigenvalue weighted by Gasteiger charge is 1.96. The number of nitrogens with zero attached hydrogens (tertiary/aromatic N) is 1. The zero-order chi connectivity index (χ0) is 8.10. The molecule has 0 spiro atoms. The second-order valence-electron chi connectivity index (χ2n) is 1.97. The monoisotopic (exact) mass is 210 g/mol. The first-order valence-corrected chi connectivity index (χ1v) is 4.29. The molecule has 56 valence electrons. The van der Waals surface area contributed by atoms with Gasteiger partial charge >= 0.3 is 0 Å². The molecule has 0 heterocycles. The molecule has 1 aromatic rings. The van der Waals surface area contributed by atoms with E-state index in [0.717, 1.165) is 5.69 Å². The van der Waals surface area contributed by atoms with Gasteiger partial charge in [0.1, 0.15) is 6.07 Å². The van der Waals surface area contributed by atoms with Crippen LogP contribution in [-0.2, 0) is 0 Å². The van der Waals surface area contributed by atoms with Crippen molar-refractivity contribution in [2.24, 2.45) is 0 Å². The molecule has 11 heavy (non-hydrogen) atoms. The molecule has 1 N–H and O–H groups in total. The standard InChI is InChI=1S/C8H7BrN2/c9-6-11-8-4-2-1-3-7(8)5-10/h1-4,11H,6H2. The normalized spacial score (nSPS) is 8.73. The first-order valence-electron chi connectivity index (χ1n) is 3.17. The number of para-hydroxylation sites is 1. The third-order valence-electron chi connectivity index (χ3n) is 1.30. The molecule has 0 saturated heterocycles. The van der Waals surface area contributed by atoms with E-state index in [-0.39, 0.29) is 0 Å². The van der Waals surface area contributed by atoms with Crippen LogP contribution in [0.15, 0.2) is 24.3 Å². The van der Waals surface area contributed by atoms with Gasteiger partial charge in [-0.25, -0.2) is 0 Å². The third-order valence-corrected chi connectivity index (χ3v) is 1.59. The zero-order valence-electron chi connectivity index (χ0n) is 5.84. The van der Waals surface area contributed by atoms with Crippen LogP contribution >= 0.6 is 15.9 Å². The van der Waals surface area contributed by atoms with Gasteiger partial charge in [0.05, 0.1) is 16.7 Å². The lowest BCUT2D eigenvalue weighted by molar-refractivity contribution is 1.42. The van der Waals surface area contributed by atoms with Gasteiger partial charge in [-0.3, -0.25) is 0 Å². The summed E-state index contributed by atoms with van der Waals surface area (Å²) >= 11 is 3.23. The first-order chi connectivity index (χ1) is 5.38. The van der Waals surface area contributed by atoms with Gasteiger partial charge in [0.15, 0.2) is 0 Å². The van der Waals surface area contributed by atoms with E-state index in [1.165, 1.54) is 0 Å². The summed E-state index contributed by atoms with van der Waals surface area (Å²) in [6.07, 6.45) is 0. The number of anilines is 1. The van der Waals surface area contributed by atoms with Crippen LogP contribution in [0.25, 0.3) is 0 Å². The van der Waals surface area contributed by atoms with Gasteiger partial charge in [0.25, 0.3) is 0 Å². The van der Waals surface area contributed by atoms with Crippen molar-refractivity contribution >= 4 is 21.6 Å². The van der Waals surface area contributed by atoms with Crippen LogP contribution < -0.4 is 5.32 Å². The fourth-order valence-corrected chi connectivity index (χ4v) is 1.11. The fourth-order valence-electron chi connectivity index (χ4n) is 0.807. The van der Waals surface area contributed by atoms with Crippen LogP contribution in [-0.4, -0.2) is 5.45 Å². The lowest BCUT2D eigenvalue weighted by atomic mass is 10.2. The second kappa shape index (κ2) is 3.99. The molecule has 1 aromatic carbocycles. The van der Waals surface area contributed by atoms with E-state index in [4.69, 9.17) is 5.26 Å². The lowest BCUT2D eigenvalue weighted by Gasteiger charge is -2.02. The van der Waals surface area contributed by atoms with E-state index in [2.05, 4.69) is 27.3 Å². The molecular formula is C8H7BrN2. The average molecular weight is 211 g/mol. The van der Waals surface area contributed by atoms with Crippen LogP contribution in [0.4, 0.5) is 5.69 Å².